The predicted octanol–water partition coefficient (Wildman–Crippen LogP) is 3.03. The van der Waals surface area contributed by atoms with E-state index in [1.54, 1.807) is 35.2 Å². The number of piperidine rings is 1. The Morgan fingerprint density at radius 3 is 2.43 bits per heavy atom. The highest BCUT2D eigenvalue weighted by Crippen LogP contribution is 2.19. The molecule has 2 heterocycles. The normalized spacial score (nSPS) is 15.4. The fourth-order valence-electron chi connectivity index (χ4n) is 3.48. The fraction of sp³-hybridized carbons (Fsp3) is 0.238. The Kier molecular flexibility index (Phi) is 5.64. The first kappa shape index (κ1) is 20.6. The minimum atomic E-state index is -3.67. The zero-order valence-corrected chi connectivity index (χ0v) is 17.4. The van der Waals surface area contributed by atoms with Crippen LogP contribution in [0.3, 0.4) is 0 Å². The lowest BCUT2D eigenvalue weighted by Crippen LogP contribution is -2.47. The minimum Gasteiger partial charge on any atom is -0.422 e. The van der Waals surface area contributed by atoms with E-state index in [2.05, 4.69) is 4.72 Å². The highest BCUT2D eigenvalue weighted by atomic mass is 35.5. The van der Waals surface area contributed by atoms with Crippen molar-refractivity contribution >= 4 is 38.5 Å². The summed E-state index contributed by atoms with van der Waals surface area (Å²) in [7, 11) is -3.67. The van der Waals surface area contributed by atoms with Gasteiger partial charge in [-0.15, -0.1) is 0 Å². The molecule has 0 saturated carbocycles. The molecule has 0 unspecified atom stereocenters. The Morgan fingerprint density at radius 2 is 1.73 bits per heavy atom. The van der Waals surface area contributed by atoms with Crippen molar-refractivity contribution in [2.24, 2.45) is 0 Å². The monoisotopic (exact) mass is 446 g/mol. The largest absolute Gasteiger partial charge is 0.422 e. The van der Waals surface area contributed by atoms with Crippen molar-refractivity contribution in [3.8, 4) is 0 Å². The number of carbonyl (C=O) groups is 1. The van der Waals surface area contributed by atoms with Crippen LogP contribution in [-0.4, -0.2) is 38.4 Å². The molecule has 30 heavy (non-hydrogen) atoms. The standard InChI is InChI=1S/C21H19ClN2O5S/c22-15-5-7-17(8-6-15)30(27,28)23-16-9-11-24(12-10-16)20(25)18-13-14-3-1-2-4-19(14)29-21(18)26/h1-8,13,16,23H,9-12H2. The number of rotatable bonds is 4. The van der Waals surface area contributed by atoms with Crippen LogP contribution < -0.4 is 10.3 Å². The van der Waals surface area contributed by atoms with Gasteiger partial charge in [0.15, 0.2) is 0 Å². The molecule has 9 heteroatoms. The van der Waals surface area contributed by atoms with Gasteiger partial charge in [0.25, 0.3) is 5.91 Å². The van der Waals surface area contributed by atoms with E-state index < -0.39 is 21.6 Å². The number of para-hydroxylation sites is 1. The summed E-state index contributed by atoms with van der Waals surface area (Å²) in [6.07, 6.45) is 0.884. The van der Waals surface area contributed by atoms with E-state index in [1.165, 1.54) is 24.3 Å². The molecule has 4 rings (SSSR count). The summed E-state index contributed by atoms with van der Waals surface area (Å²) in [5.74, 6) is -0.409. The third-order valence-corrected chi connectivity index (χ3v) is 6.89. The van der Waals surface area contributed by atoms with E-state index in [1.807, 2.05) is 0 Å². The van der Waals surface area contributed by atoms with Crippen LogP contribution in [0.4, 0.5) is 0 Å². The van der Waals surface area contributed by atoms with Gasteiger partial charge in [0.2, 0.25) is 10.0 Å². The average Bonchev–Trinajstić information content (AvgIpc) is 2.73. The number of nitrogens with one attached hydrogen (secondary N) is 1. The van der Waals surface area contributed by atoms with Crippen molar-refractivity contribution in [1.29, 1.82) is 0 Å². The number of hydrogen-bond donors (Lipinski definition) is 1. The molecule has 156 valence electrons. The summed E-state index contributed by atoms with van der Waals surface area (Å²) in [4.78, 5) is 26.7. The Bertz CT molecular complexity index is 1250. The van der Waals surface area contributed by atoms with Crippen LogP contribution in [0.15, 0.2) is 68.7 Å². The Labute approximate surface area is 178 Å². The van der Waals surface area contributed by atoms with Gasteiger partial charge >= 0.3 is 5.63 Å². The molecular weight excluding hydrogens is 428 g/mol. The summed E-state index contributed by atoms with van der Waals surface area (Å²) < 4.78 is 33.0. The Hall–Kier alpha value is -2.68. The van der Waals surface area contributed by atoms with E-state index in [0.29, 0.717) is 41.9 Å². The van der Waals surface area contributed by atoms with Crippen LogP contribution in [0.5, 0.6) is 0 Å². The van der Waals surface area contributed by atoms with Gasteiger partial charge in [-0.25, -0.2) is 17.9 Å². The second kappa shape index (κ2) is 8.22. The Morgan fingerprint density at radius 1 is 1.07 bits per heavy atom. The molecule has 0 bridgehead atoms. The number of hydrogen-bond acceptors (Lipinski definition) is 5. The topological polar surface area (TPSA) is 96.7 Å². The maximum absolute atomic E-state index is 12.8. The maximum atomic E-state index is 12.8. The lowest BCUT2D eigenvalue weighted by atomic mass is 10.0. The maximum Gasteiger partial charge on any atom is 0.349 e. The van der Waals surface area contributed by atoms with E-state index in [4.69, 9.17) is 16.0 Å². The second-order valence-corrected chi connectivity index (χ2v) is 9.28. The summed E-state index contributed by atoms with van der Waals surface area (Å²) in [5.41, 5.74) is -0.271. The van der Waals surface area contributed by atoms with E-state index in [-0.39, 0.29) is 16.5 Å². The van der Waals surface area contributed by atoms with E-state index >= 15 is 0 Å². The van der Waals surface area contributed by atoms with Crippen molar-refractivity contribution < 1.29 is 17.6 Å². The molecule has 1 aromatic heterocycles. The summed E-state index contributed by atoms with van der Waals surface area (Å²) in [6, 6.07) is 14.2. The number of fused-ring (bicyclic) bond motifs is 1. The molecule has 2 aromatic carbocycles. The van der Waals surface area contributed by atoms with Crippen molar-refractivity contribution in [2.45, 2.75) is 23.8 Å². The molecule has 3 aromatic rings. The lowest BCUT2D eigenvalue weighted by molar-refractivity contribution is 0.0707. The highest BCUT2D eigenvalue weighted by molar-refractivity contribution is 7.89. The van der Waals surface area contributed by atoms with Crippen LogP contribution in [0.2, 0.25) is 5.02 Å². The third kappa shape index (κ3) is 4.26. The number of halogens is 1. The summed E-state index contributed by atoms with van der Waals surface area (Å²) >= 11 is 5.81. The molecule has 0 atom stereocenters. The van der Waals surface area contributed by atoms with Crippen LogP contribution in [0, 0.1) is 0 Å². The van der Waals surface area contributed by atoms with Gasteiger partial charge in [0.05, 0.1) is 4.90 Å². The quantitative estimate of drug-likeness (QED) is 0.621. The number of sulfonamides is 1. The Balaban J connectivity index is 1.43. The molecule has 1 aliphatic rings. The van der Waals surface area contributed by atoms with Crippen LogP contribution in [0.25, 0.3) is 11.0 Å². The molecule has 0 aliphatic carbocycles. The molecule has 7 nitrogen and oxygen atoms in total. The van der Waals surface area contributed by atoms with E-state index in [0.717, 1.165) is 0 Å². The molecule has 1 aliphatic heterocycles. The van der Waals surface area contributed by atoms with Crippen molar-refractivity contribution in [3.63, 3.8) is 0 Å². The van der Waals surface area contributed by atoms with Gasteiger partial charge in [0.1, 0.15) is 11.1 Å². The second-order valence-electron chi connectivity index (χ2n) is 7.13. The van der Waals surface area contributed by atoms with Crippen molar-refractivity contribution in [2.75, 3.05) is 13.1 Å². The molecule has 1 amide bonds. The highest BCUT2D eigenvalue weighted by Gasteiger charge is 2.28. The van der Waals surface area contributed by atoms with Crippen LogP contribution in [-0.2, 0) is 10.0 Å². The first-order chi connectivity index (χ1) is 14.3. The average molecular weight is 447 g/mol. The molecule has 1 N–H and O–H groups in total. The summed E-state index contributed by atoms with van der Waals surface area (Å²) in [5, 5.41) is 1.13. The van der Waals surface area contributed by atoms with Crippen molar-refractivity contribution in [3.05, 3.63) is 75.6 Å². The first-order valence-corrected chi connectivity index (χ1v) is 11.3. The minimum absolute atomic E-state index is 0.0195. The van der Waals surface area contributed by atoms with Gasteiger partial charge in [-0.1, -0.05) is 29.8 Å². The van der Waals surface area contributed by atoms with Crippen LogP contribution >= 0.6 is 11.6 Å². The van der Waals surface area contributed by atoms with Gasteiger partial charge in [-0.2, -0.15) is 0 Å². The number of likely N-dealkylation sites (tertiary alicyclic amines) is 1. The number of benzene rings is 2. The molecule has 1 saturated heterocycles. The van der Waals surface area contributed by atoms with Gasteiger partial charge < -0.3 is 9.32 Å². The molecule has 0 radical (unpaired) electrons. The van der Waals surface area contributed by atoms with E-state index in [9.17, 15) is 18.0 Å². The van der Waals surface area contributed by atoms with Gasteiger partial charge in [-0.05, 0) is 49.2 Å². The number of carbonyl (C=O) groups excluding carboxylic acids is 1. The SMILES string of the molecule is O=C(c1cc2ccccc2oc1=O)N1CCC(NS(=O)(=O)c2ccc(Cl)cc2)CC1. The zero-order valence-electron chi connectivity index (χ0n) is 15.9. The predicted molar refractivity (Wildman–Crippen MR) is 113 cm³/mol. The molecular formula is C21H19ClN2O5S. The lowest BCUT2D eigenvalue weighted by Gasteiger charge is -2.32. The zero-order chi connectivity index (χ0) is 21.3. The summed E-state index contributed by atoms with van der Waals surface area (Å²) in [6.45, 7) is 0.664. The fourth-order valence-corrected chi connectivity index (χ4v) is 4.91. The molecule has 1 fully saturated rings. The van der Waals surface area contributed by atoms with Crippen LogP contribution in [0.1, 0.15) is 23.2 Å². The van der Waals surface area contributed by atoms with Gasteiger partial charge in [0, 0.05) is 29.5 Å². The first-order valence-electron chi connectivity index (χ1n) is 9.43. The smallest absolute Gasteiger partial charge is 0.349 e. The number of amides is 1. The van der Waals surface area contributed by atoms with Crippen molar-refractivity contribution in [1.82, 2.24) is 9.62 Å². The van der Waals surface area contributed by atoms with Gasteiger partial charge in [-0.3, -0.25) is 4.79 Å². The third-order valence-electron chi connectivity index (χ3n) is 5.10. The number of nitrogens with zero attached hydrogens (tertiary/aromatic N) is 1. The molecule has 0 spiro atoms.